The van der Waals surface area contributed by atoms with Gasteiger partial charge < -0.3 is 4.90 Å². The molecule has 110 valence electrons. The van der Waals surface area contributed by atoms with Crippen LogP contribution < -0.4 is 0 Å². The quantitative estimate of drug-likeness (QED) is 0.700. The van der Waals surface area contributed by atoms with Crippen molar-refractivity contribution in [2.24, 2.45) is 5.92 Å². The van der Waals surface area contributed by atoms with Crippen molar-refractivity contribution < 1.29 is 4.79 Å². The highest BCUT2D eigenvalue weighted by atomic mass is 16.2. The molecule has 0 spiro atoms. The van der Waals surface area contributed by atoms with Crippen molar-refractivity contribution in [3.8, 4) is 0 Å². The number of nitrogens with zero attached hydrogens (tertiary/aromatic N) is 1. The summed E-state index contributed by atoms with van der Waals surface area (Å²) in [5.74, 6) is 0.425. The van der Waals surface area contributed by atoms with Crippen LogP contribution in [0.1, 0.15) is 45.2 Å². The van der Waals surface area contributed by atoms with Crippen molar-refractivity contribution in [1.82, 2.24) is 4.90 Å². The van der Waals surface area contributed by atoms with Crippen LogP contribution in [0.4, 0.5) is 0 Å². The van der Waals surface area contributed by atoms with Gasteiger partial charge in [-0.3, -0.25) is 4.79 Å². The molecule has 2 heteroatoms. The Labute approximate surface area is 127 Å². The zero-order valence-corrected chi connectivity index (χ0v) is 13.3. The molecule has 0 saturated carbocycles. The minimum Gasteiger partial charge on any atom is -0.313 e. The summed E-state index contributed by atoms with van der Waals surface area (Å²) in [6, 6.07) is 8.28. The first-order valence-electron chi connectivity index (χ1n) is 7.63. The average Bonchev–Trinajstić information content (AvgIpc) is 2.56. The molecule has 1 heterocycles. The fraction of sp³-hybridized carbons (Fsp3) is 0.421. The van der Waals surface area contributed by atoms with Gasteiger partial charge in [0, 0.05) is 11.7 Å². The Morgan fingerprint density at radius 1 is 1.24 bits per heavy atom. The van der Waals surface area contributed by atoms with Crippen molar-refractivity contribution in [3.63, 3.8) is 0 Å². The average molecular weight is 281 g/mol. The summed E-state index contributed by atoms with van der Waals surface area (Å²) in [5, 5.41) is 0. The second-order valence-corrected chi connectivity index (χ2v) is 7.22. The topological polar surface area (TPSA) is 20.3 Å². The number of carbonyl (C=O) groups excluding carboxylic acids is 1. The van der Waals surface area contributed by atoms with Crippen molar-refractivity contribution >= 4 is 12.0 Å². The van der Waals surface area contributed by atoms with Crippen LogP contribution in [-0.4, -0.2) is 16.3 Å². The molecule has 2 atom stereocenters. The van der Waals surface area contributed by atoms with Crippen LogP contribution >= 0.6 is 0 Å². The summed E-state index contributed by atoms with van der Waals surface area (Å²) in [4.78, 5) is 15.3. The van der Waals surface area contributed by atoms with Crippen molar-refractivity contribution in [3.05, 3.63) is 53.7 Å². The highest BCUT2D eigenvalue weighted by Gasteiger charge is 2.48. The summed E-state index contributed by atoms with van der Waals surface area (Å²) in [6.07, 6.45) is 9.38. The number of hydrogen-bond donors (Lipinski definition) is 0. The van der Waals surface area contributed by atoms with Crippen LogP contribution in [-0.2, 0) is 10.2 Å². The van der Waals surface area contributed by atoms with Gasteiger partial charge in [-0.15, -0.1) is 0 Å². The molecule has 1 aliphatic heterocycles. The monoisotopic (exact) mass is 281 g/mol. The minimum absolute atomic E-state index is 0.200. The van der Waals surface area contributed by atoms with Crippen LogP contribution in [0.2, 0.25) is 0 Å². The first-order chi connectivity index (χ1) is 9.85. The number of fused-ring (bicyclic) bond motifs is 3. The smallest absolute Gasteiger partial charge is 0.237 e. The van der Waals surface area contributed by atoms with Gasteiger partial charge in [-0.1, -0.05) is 42.5 Å². The van der Waals surface area contributed by atoms with E-state index in [1.807, 2.05) is 23.2 Å². The number of amides is 1. The van der Waals surface area contributed by atoms with E-state index in [-0.39, 0.29) is 17.4 Å². The van der Waals surface area contributed by atoms with E-state index in [4.69, 9.17) is 0 Å². The van der Waals surface area contributed by atoms with Gasteiger partial charge in [0.2, 0.25) is 5.91 Å². The Balaban J connectivity index is 2.17. The molecule has 0 bridgehead atoms. The summed E-state index contributed by atoms with van der Waals surface area (Å²) in [7, 11) is 0. The number of benzene rings is 1. The normalized spacial score (nSPS) is 28.1. The molecule has 0 unspecified atom stereocenters. The largest absolute Gasteiger partial charge is 0.313 e. The third-order valence-corrected chi connectivity index (χ3v) is 4.80. The fourth-order valence-corrected chi connectivity index (χ4v) is 3.47. The molecule has 1 aliphatic carbocycles. The van der Waals surface area contributed by atoms with E-state index < -0.39 is 5.41 Å². The molecule has 2 aliphatic rings. The third kappa shape index (κ3) is 2.05. The maximum absolute atomic E-state index is 13.4. The van der Waals surface area contributed by atoms with E-state index in [0.29, 0.717) is 0 Å². The first kappa shape index (κ1) is 14.1. The van der Waals surface area contributed by atoms with Crippen LogP contribution in [0.15, 0.2) is 42.6 Å². The molecule has 0 radical (unpaired) electrons. The zero-order valence-electron chi connectivity index (χ0n) is 13.3. The Bertz CT molecular complexity index is 635. The lowest BCUT2D eigenvalue weighted by molar-refractivity contribution is -0.139. The molecule has 0 fully saturated rings. The van der Waals surface area contributed by atoms with Gasteiger partial charge >= 0.3 is 0 Å². The van der Waals surface area contributed by atoms with E-state index in [1.54, 1.807) is 0 Å². The molecule has 0 N–H and O–H groups in total. The fourth-order valence-electron chi connectivity index (χ4n) is 3.47. The highest BCUT2D eigenvalue weighted by Crippen LogP contribution is 2.45. The lowest BCUT2D eigenvalue weighted by Crippen LogP contribution is -2.52. The van der Waals surface area contributed by atoms with Crippen LogP contribution in [0, 0.1) is 5.92 Å². The van der Waals surface area contributed by atoms with Gasteiger partial charge in [0.1, 0.15) is 0 Å². The molecule has 1 amide bonds. The van der Waals surface area contributed by atoms with Crippen LogP contribution in [0.3, 0.4) is 0 Å². The predicted molar refractivity (Wildman–Crippen MR) is 86.7 cm³/mol. The van der Waals surface area contributed by atoms with Crippen LogP contribution in [0.25, 0.3) is 6.08 Å². The highest BCUT2D eigenvalue weighted by molar-refractivity contribution is 5.92. The molecule has 0 aromatic heterocycles. The van der Waals surface area contributed by atoms with Gasteiger partial charge in [-0.05, 0) is 51.2 Å². The number of rotatable bonds is 0. The number of hydrogen-bond acceptors (Lipinski definition) is 1. The Morgan fingerprint density at radius 3 is 2.67 bits per heavy atom. The summed E-state index contributed by atoms with van der Waals surface area (Å²) in [6.45, 7) is 8.37. The second-order valence-electron chi connectivity index (χ2n) is 7.22. The zero-order chi connectivity index (χ0) is 15.3. The van der Waals surface area contributed by atoms with E-state index in [1.165, 1.54) is 5.56 Å². The molecule has 3 rings (SSSR count). The summed E-state index contributed by atoms with van der Waals surface area (Å²) < 4.78 is 0. The van der Waals surface area contributed by atoms with Crippen molar-refractivity contribution in [2.75, 3.05) is 0 Å². The Morgan fingerprint density at radius 2 is 1.95 bits per heavy atom. The molecular weight excluding hydrogens is 258 g/mol. The number of carbonyl (C=O) groups is 1. The molecule has 0 saturated heterocycles. The van der Waals surface area contributed by atoms with Gasteiger partial charge in [-0.2, -0.15) is 0 Å². The first-order valence-corrected chi connectivity index (χ1v) is 7.63. The second kappa shape index (κ2) is 4.59. The molecule has 1 aromatic carbocycles. The lowest BCUT2D eigenvalue weighted by Gasteiger charge is -2.43. The SMILES string of the molecule is CC(C)(C)N1C=CC[C@@H]2C=Cc3ccccc3[C@]2(C)C1=O. The molecular formula is C19H23NO. The number of allylic oxidation sites excluding steroid dienone is 2. The minimum atomic E-state index is -0.484. The molecule has 1 aromatic rings. The third-order valence-electron chi connectivity index (χ3n) is 4.80. The standard InChI is InChI=1S/C19H23NO/c1-18(2,3)20-13-7-9-15-12-11-14-8-5-6-10-16(14)19(15,4)17(20)21/h5-8,10-13,15H,9H2,1-4H3/t15-,19-/m1/s1. The van der Waals surface area contributed by atoms with Gasteiger partial charge in [-0.25, -0.2) is 0 Å². The van der Waals surface area contributed by atoms with Gasteiger partial charge in [0.25, 0.3) is 0 Å². The van der Waals surface area contributed by atoms with E-state index >= 15 is 0 Å². The van der Waals surface area contributed by atoms with E-state index in [9.17, 15) is 4.79 Å². The molecule has 2 nitrogen and oxygen atoms in total. The Hall–Kier alpha value is -1.83. The van der Waals surface area contributed by atoms with Gasteiger partial charge in [0.15, 0.2) is 0 Å². The van der Waals surface area contributed by atoms with Crippen molar-refractivity contribution in [1.29, 1.82) is 0 Å². The summed E-state index contributed by atoms with van der Waals surface area (Å²) in [5.41, 5.74) is 1.63. The maximum atomic E-state index is 13.4. The van der Waals surface area contributed by atoms with Gasteiger partial charge in [0.05, 0.1) is 5.41 Å². The molecule has 21 heavy (non-hydrogen) atoms. The Kier molecular flexibility index (Phi) is 3.09. The van der Waals surface area contributed by atoms with E-state index in [0.717, 1.165) is 12.0 Å². The van der Waals surface area contributed by atoms with Crippen molar-refractivity contribution in [2.45, 2.75) is 45.1 Å². The predicted octanol–water partition coefficient (Wildman–Crippen LogP) is 4.13. The summed E-state index contributed by atoms with van der Waals surface area (Å²) >= 11 is 0. The lowest BCUT2D eigenvalue weighted by atomic mass is 9.65. The van der Waals surface area contributed by atoms with Crippen LogP contribution in [0.5, 0.6) is 0 Å². The maximum Gasteiger partial charge on any atom is 0.237 e. The van der Waals surface area contributed by atoms with E-state index in [2.05, 4.69) is 58.1 Å².